The van der Waals surface area contributed by atoms with E-state index in [0.717, 1.165) is 4.57 Å². The molecule has 3 N–H and O–H groups in total. The fourth-order valence-corrected chi connectivity index (χ4v) is 1.64. The van der Waals surface area contributed by atoms with Crippen molar-refractivity contribution in [3.05, 3.63) is 49.8 Å². The minimum atomic E-state index is -0.617. The van der Waals surface area contributed by atoms with E-state index >= 15 is 0 Å². The lowest BCUT2D eigenvalue weighted by molar-refractivity contribution is 0.350. The van der Waals surface area contributed by atoms with Crippen molar-refractivity contribution in [3.8, 4) is 17.5 Å². The molecule has 0 fully saturated rings. The number of aromatic amines is 2. The van der Waals surface area contributed by atoms with Crippen LogP contribution in [0.4, 0.5) is 0 Å². The van der Waals surface area contributed by atoms with Crippen LogP contribution in [0.15, 0.2) is 27.8 Å². The third-order valence-electron chi connectivity index (χ3n) is 2.18. The highest BCUT2D eigenvalue weighted by Gasteiger charge is 2.10. The standard InChI is InChI=1S/C11H8ClN3O3/c12-8-4-3-7(2-1-5-16)6-9(8)15-10(17)13-14-11(15)18/h3-4,6,16H,5H2,(H,13,17)(H,14,18). The van der Waals surface area contributed by atoms with Crippen molar-refractivity contribution in [1.29, 1.82) is 0 Å². The van der Waals surface area contributed by atoms with Crippen molar-refractivity contribution in [3.63, 3.8) is 0 Å². The van der Waals surface area contributed by atoms with E-state index in [9.17, 15) is 9.59 Å². The molecule has 6 nitrogen and oxygen atoms in total. The molecule has 0 spiro atoms. The molecule has 7 heteroatoms. The van der Waals surface area contributed by atoms with Gasteiger partial charge in [-0.1, -0.05) is 23.4 Å². The number of nitrogens with one attached hydrogen (secondary N) is 2. The predicted octanol–water partition coefficient (Wildman–Crippen LogP) is -0.149. The van der Waals surface area contributed by atoms with Crippen molar-refractivity contribution >= 4 is 11.6 Å². The average molecular weight is 266 g/mol. The van der Waals surface area contributed by atoms with Gasteiger partial charge in [-0.25, -0.2) is 24.4 Å². The first kappa shape index (κ1) is 12.2. The summed E-state index contributed by atoms with van der Waals surface area (Å²) < 4.78 is 0.868. The molecular weight excluding hydrogens is 258 g/mol. The molecule has 0 aliphatic carbocycles. The molecule has 1 aromatic carbocycles. The van der Waals surface area contributed by atoms with Crippen LogP contribution in [0, 0.1) is 11.8 Å². The van der Waals surface area contributed by atoms with Gasteiger partial charge in [-0.2, -0.15) is 0 Å². The lowest BCUT2D eigenvalue weighted by Gasteiger charge is -2.03. The molecule has 0 atom stereocenters. The van der Waals surface area contributed by atoms with Crippen LogP contribution in [0.2, 0.25) is 5.02 Å². The first-order chi connectivity index (χ1) is 8.63. The van der Waals surface area contributed by atoms with E-state index < -0.39 is 11.4 Å². The Morgan fingerprint density at radius 2 is 1.94 bits per heavy atom. The Morgan fingerprint density at radius 3 is 2.56 bits per heavy atom. The second-order valence-electron chi connectivity index (χ2n) is 3.32. The Labute approximate surface area is 106 Å². The number of hydrogen-bond donors (Lipinski definition) is 3. The molecule has 0 amide bonds. The molecule has 1 aromatic heterocycles. The number of halogens is 1. The van der Waals surface area contributed by atoms with E-state index in [1.807, 2.05) is 0 Å². The van der Waals surface area contributed by atoms with Crippen LogP contribution in [-0.2, 0) is 0 Å². The molecule has 0 aliphatic heterocycles. The van der Waals surface area contributed by atoms with Gasteiger partial charge >= 0.3 is 11.4 Å². The molecule has 0 saturated carbocycles. The molecule has 18 heavy (non-hydrogen) atoms. The maximum Gasteiger partial charge on any atom is 0.349 e. The minimum Gasteiger partial charge on any atom is -0.384 e. The van der Waals surface area contributed by atoms with Gasteiger partial charge in [0.15, 0.2) is 0 Å². The van der Waals surface area contributed by atoms with Gasteiger partial charge in [-0.05, 0) is 18.2 Å². The Morgan fingerprint density at radius 1 is 1.28 bits per heavy atom. The van der Waals surface area contributed by atoms with Crippen LogP contribution in [0.3, 0.4) is 0 Å². The van der Waals surface area contributed by atoms with Gasteiger partial charge in [0.1, 0.15) is 6.61 Å². The number of hydrogen-bond acceptors (Lipinski definition) is 3. The first-order valence-corrected chi connectivity index (χ1v) is 5.30. The maximum atomic E-state index is 11.5. The topological polar surface area (TPSA) is 90.9 Å². The van der Waals surface area contributed by atoms with Crippen LogP contribution < -0.4 is 11.4 Å². The summed E-state index contributed by atoms with van der Waals surface area (Å²) in [7, 11) is 0. The predicted molar refractivity (Wildman–Crippen MR) is 66.0 cm³/mol. The van der Waals surface area contributed by atoms with Crippen molar-refractivity contribution in [1.82, 2.24) is 14.8 Å². The molecule has 1 heterocycles. The van der Waals surface area contributed by atoms with E-state index in [-0.39, 0.29) is 17.3 Å². The number of aliphatic hydroxyl groups excluding tert-OH is 1. The smallest absolute Gasteiger partial charge is 0.349 e. The summed E-state index contributed by atoms with van der Waals surface area (Å²) in [6.07, 6.45) is 0. The number of H-pyrrole nitrogens is 2. The van der Waals surface area contributed by atoms with Gasteiger partial charge in [0.2, 0.25) is 0 Å². The summed E-state index contributed by atoms with van der Waals surface area (Å²) in [6, 6.07) is 4.65. The molecule has 0 unspecified atom stereocenters. The van der Waals surface area contributed by atoms with Crippen LogP contribution in [0.1, 0.15) is 5.56 Å². The van der Waals surface area contributed by atoms with Crippen LogP contribution in [0.5, 0.6) is 0 Å². The third kappa shape index (κ3) is 2.22. The molecule has 0 bridgehead atoms. The van der Waals surface area contributed by atoms with Crippen molar-refractivity contribution in [2.75, 3.05) is 6.61 Å². The number of benzene rings is 1. The monoisotopic (exact) mass is 265 g/mol. The Balaban J connectivity index is 2.64. The number of rotatable bonds is 1. The SMILES string of the molecule is O=c1[nH][nH]c(=O)n1-c1cc(C#CCO)ccc1Cl. The fourth-order valence-electron chi connectivity index (χ4n) is 1.43. The van der Waals surface area contributed by atoms with Gasteiger partial charge < -0.3 is 5.11 Å². The van der Waals surface area contributed by atoms with Crippen molar-refractivity contribution < 1.29 is 5.11 Å². The van der Waals surface area contributed by atoms with Gasteiger partial charge in [-0.3, -0.25) is 0 Å². The second-order valence-corrected chi connectivity index (χ2v) is 3.73. The van der Waals surface area contributed by atoms with Gasteiger partial charge in [0.25, 0.3) is 0 Å². The van der Waals surface area contributed by atoms with Gasteiger partial charge in [0.05, 0.1) is 10.7 Å². The third-order valence-corrected chi connectivity index (χ3v) is 2.50. The summed E-state index contributed by atoms with van der Waals surface area (Å²) in [5, 5.41) is 13.2. The average Bonchev–Trinajstić information content (AvgIpc) is 2.68. The maximum absolute atomic E-state index is 11.5. The lowest BCUT2D eigenvalue weighted by atomic mass is 10.2. The van der Waals surface area contributed by atoms with E-state index in [1.165, 1.54) is 12.1 Å². The zero-order chi connectivity index (χ0) is 13.1. The highest BCUT2D eigenvalue weighted by molar-refractivity contribution is 6.32. The Bertz CT molecular complexity index is 718. The zero-order valence-electron chi connectivity index (χ0n) is 9.03. The van der Waals surface area contributed by atoms with Crippen LogP contribution in [0.25, 0.3) is 5.69 Å². The summed E-state index contributed by atoms with van der Waals surface area (Å²) in [5.41, 5.74) is -0.465. The summed E-state index contributed by atoms with van der Waals surface area (Å²) in [6.45, 7) is -0.275. The molecule has 2 rings (SSSR count). The number of aromatic nitrogens is 3. The normalized spacial score (nSPS) is 9.89. The quantitative estimate of drug-likeness (QED) is 0.627. The molecule has 0 radical (unpaired) electrons. The molecule has 92 valence electrons. The molecule has 0 aliphatic rings. The van der Waals surface area contributed by atoms with Crippen LogP contribution in [-0.4, -0.2) is 26.5 Å². The Hall–Kier alpha value is -2.23. The summed E-state index contributed by atoms with van der Waals surface area (Å²) >= 11 is 5.94. The Kier molecular flexibility index (Phi) is 3.37. The van der Waals surface area contributed by atoms with Gasteiger partial charge in [0, 0.05) is 5.56 Å². The fraction of sp³-hybridized carbons (Fsp3) is 0.0909. The van der Waals surface area contributed by atoms with E-state index in [0.29, 0.717) is 5.56 Å². The number of nitrogens with zero attached hydrogens (tertiary/aromatic N) is 1. The summed E-state index contributed by atoms with van der Waals surface area (Å²) in [4.78, 5) is 22.9. The molecule has 2 aromatic rings. The largest absolute Gasteiger partial charge is 0.384 e. The van der Waals surface area contributed by atoms with Crippen molar-refractivity contribution in [2.24, 2.45) is 0 Å². The highest BCUT2D eigenvalue weighted by atomic mass is 35.5. The van der Waals surface area contributed by atoms with Crippen molar-refractivity contribution in [2.45, 2.75) is 0 Å². The number of aliphatic hydroxyl groups is 1. The van der Waals surface area contributed by atoms with E-state index in [4.69, 9.17) is 16.7 Å². The zero-order valence-corrected chi connectivity index (χ0v) is 9.78. The van der Waals surface area contributed by atoms with Gasteiger partial charge in [-0.15, -0.1) is 0 Å². The first-order valence-electron chi connectivity index (χ1n) is 4.93. The van der Waals surface area contributed by atoms with E-state index in [2.05, 4.69) is 22.0 Å². The molecule has 0 saturated heterocycles. The lowest BCUT2D eigenvalue weighted by Crippen LogP contribution is -2.24. The summed E-state index contributed by atoms with van der Waals surface area (Å²) in [5.74, 6) is 5.13. The second kappa shape index (κ2) is 4.96. The molecular formula is C11H8ClN3O3. The minimum absolute atomic E-state index is 0.230. The van der Waals surface area contributed by atoms with Crippen LogP contribution >= 0.6 is 11.6 Å². The van der Waals surface area contributed by atoms with E-state index in [1.54, 1.807) is 6.07 Å². The highest BCUT2D eigenvalue weighted by Crippen LogP contribution is 2.19.